The summed E-state index contributed by atoms with van der Waals surface area (Å²) in [5.74, 6) is 0.931. The standard InChI is InChI=1S/C12H12ClN3O2/c13-5-8-4-11(17)16(6-8)7-9-2-1-3-10-12(9)15-18-14-10/h1-3,8H,4-7H2. The highest BCUT2D eigenvalue weighted by atomic mass is 35.5. The molecule has 1 aliphatic rings. The van der Waals surface area contributed by atoms with E-state index in [0.717, 1.165) is 11.1 Å². The minimum Gasteiger partial charge on any atom is -0.338 e. The molecule has 0 spiro atoms. The highest BCUT2D eigenvalue weighted by Gasteiger charge is 2.29. The molecule has 1 unspecified atom stereocenters. The van der Waals surface area contributed by atoms with Gasteiger partial charge in [-0.05, 0) is 22.3 Å². The molecule has 18 heavy (non-hydrogen) atoms. The lowest BCUT2D eigenvalue weighted by Gasteiger charge is -2.16. The van der Waals surface area contributed by atoms with Crippen molar-refractivity contribution in [2.45, 2.75) is 13.0 Å². The maximum atomic E-state index is 11.8. The molecule has 0 N–H and O–H groups in total. The third-order valence-corrected chi connectivity index (χ3v) is 3.68. The number of amides is 1. The van der Waals surface area contributed by atoms with Crippen molar-refractivity contribution in [1.29, 1.82) is 0 Å². The lowest BCUT2D eigenvalue weighted by molar-refractivity contribution is -0.128. The van der Waals surface area contributed by atoms with Gasteiger partial charge >= 0.3 is 0 Å². The van der Waals surface area contributed by atoms with Gasteiger partial charge < -0.3 is 4.90 Å². The van der Waals surface area contributed by atoms with Crippen molar-refractivity contribution in [2.24, 2.45) is 5.92 Å². The molecule has 5 nitrogen and oxygen atoms in total. The van der Waals surface area contributed by atoms with Gasteiger partial charge in [-0.2, -0.15) is 0 Å². The van der Waals surface area contributed by atoms with E-state index < -0.39 is 0 Å². The van der Waals surface area contributed by atoms with Crippen LogP contribution >= 0.6 is 11.6 Å². The SMILES string of the molecule is O=C1CC(CCl)CN1Cc1cccc2nonc12. The topological polar surface area (TPSA) is 59.2 Å². The fourth-order valence-electron chi connectivity index (χ4n) is 2.31. The Bertz CT molecular complexity index is 583. The molecule has 1 atom stereocenters. The number of carbonyl (C=O) groups excluding carboxylic acids is 1. The lowest BCUT2D eigenvalue weighted by atomic mass is 10.1. The molecule has 94 valence electrons. The number of rotatable bonds is 3. The minimum absolute atomic E-state index is 0.147. The van der Waals surface area contributed by atoms with Crippen LogP contribution in [-0.4, -0.2) is 33.5 Å². The molecule has 1 amide bonds. The zero-order valence-corrected chi connectivity index (χ0v) is 10.4. The average Bonchev–Trinajstić information content (AvgIpc) is 2.97. The molecule has 1 saturated heterocycles. The molecular formula is C12H12ClN3O2. The fourth-order valence-corrected chi connectivity index (χ4v) is 2.51. The van der Waals surface area contributed by atoms with Crippen LogP contribution in [0.2, 0.25) is 0 Å². The van der Waals surface area contributed by atoms with Crippen LogP contribution in [0.3, 0.4) is 0 Å². The predicted molar refractivity (Wildman–Crippen MR) is 66.0 cm³/mol. The lowest BCUT2D eigenvalue weighted by Crippen LogP contribution is -2.24. The summed E-state index contributed by atoms with van der Waals surface area (Å²) in [5.41, 5.74) is 2.39. The number of halogens is 1. The molecule has 3 rings (SSSR count). The molecule has 1 aromatic heterocycles. The molecule has 1 aliphatic heterocycles. The van der Waals surface area contributed by atoms with Crippen molar-refractivity contribution in [2.75, 3.05) is 12.4 Å². The number of alkyl halides is 1. The molecule has 0 radical (unpaired) electrons. The summed E-state index contributed by atoms with van der Waals surface area (Å²) in [6.45, 7) is 1.25. The van der Waals surface area contributed by atoms with E-state index in [-0.39, 0.29) is 11.8 Å². The summed E-state index contributed by atoms with van der Waals surface area (Å²) in [5, 5.41) is 7.67. The molecule has 1 aromatic carbocycles. The summed E-state index contributed by atoms with van der Waals surface area (Å²) in [4.78, 5) is 13.6. The Morgan fingerprint density at radius 1 is 1.44 bits per heavy atom. The predicted octanol–water partition coefficient (Wildman–Crippen LogP) is 1.81. The molecule has 1 fully saturated rings. The monoisotopic (exact) mass is 265 g/mol. The van der Waals surface area contributed by atoms with E-state index in [4.69, 9.17) is 16.2 Å². The molecular weight excluding hydrogens is 254 g/mol. The van der Waals surface area contributed by atoms with Crippen LogP contribution in [-0.2, 0) is 11.3 Å². The van der Waals surface area contributed by atoms with E-state index in [0.29, 0.717) is 30.9 Å². The quantitative estimate of drug-likeness (QED) is 0.794. The van der Waals surface area contributed by atoms with Crippen LogP contribution < -0.4 is 0 Å². The zero-order chi connectivity index (χ0) is 12.5. The van der Waals surface area contributed by atoms with Crippen molar-refractivity contribution >= 4 is 28.5 Å². The third kappa shape index (κ3) is 1.95. The van der Waals surface area contributed by atoms with Crippen LogP contribution in [0, 0.1) is 5.92 Å². The van der Waals surface area contributed by atoms with E-state index in [9.17, 15) is 4.79 Å². The van der Waals surface area contributed by atoms with Crippen molar-refractivity contribution in [3.63, 3.8) is 0 Å². The number of aromatic nitrogens is 2. The number of likely N-dealkylation sites (tertiary alicyclic amines) is 1. The van der Waals surface area contributed by atoms with Gasteiger partial charge in [0.25, 0.3) is 0 Å². The highest BCUT2D eigenvalue weighted by molar-refractivity contribution is 6.18. The summed E-state index contributed by atoms with van der Waals surface area (Å²) >= 11 is 5.80. The van der Waals surface area contributed by atoms with Gasteiger partial charge in [-0.25, -0.2) is 4.63 Å². The number of carbonyl (C=O) groups is 1. The van der Waals surface area contributed by atoms with E-state index in [1.165, 1.54) is 0 Å². The first-order valence-corrected chi connectivity index (χ1v) is 6.35. The van der Waals surface area contributed by atoms with Gasteiger partial charge in [-0.1, -0.05) is 12.1 Å². The second-order valence-corrected chi connectivity index (χ2v) is 4.86. The van der Waals surface area contributed by atoms with E-state index in [1.54, 1.807) is 0 Å². The molecule has 6 heteroatoms. The summed E-state index contributed by atoms with van der Waals surface area (Å²) in [7, 11) is 0. The van der Waals surface area contributed by atoms with Crippen LogP contribution in [0.15, 0.2) is 22.8 Å². The first-order chi connectivity index (χ1) is 8.78. The Labute approximate surface area is 109 Å². The van der Waals surface area contributed by atoms with Gasteiger partial charge in [0.15, 0.2) is 0 Å². The first-order valence-electron chi connectivity index (χ1n) is 5.82. The van der Waals surface area contributed by atoms with Crippen LogP contribution in [0.5, 0.6) is 0 Å². The van der Waals surface area contributed by atoms with Crippen molar-refractivity contribution in [3.8, 4) is 0 Å². The molecule has 2 aromatic rings. The Balaban J connectivity index is 1.84. The van der Waals surface area contributed by atoms with Crippen molar-refractivity contribution in [1.82, 2.24) is 15.2 Å². The second-order valence-electron chi connectivity index (χ2n) is 4.55. The summed E-state index contributed by atoms with van der Waals surface area (Å²) in [6, 6.07) is 5.66. The normalized spacial score (nSPS) is 19.9. The number of nitrogens with zero attached hydrogens (tertiary/aromatic N) is 3. The van der Waals surface area contributed by atoms with Crippen molar-refractivity contribution in [3.05, 3.63) is 23.8 Å². The first kappa shape index (κ1) is 11.5. The molecule has 0 bridgehead atoms. The maximum absolute atomic E-state index is 11.8. The maximum Gasteiger partial charge on any atom is 0.223 e. The average molecular weight is 266 g/mol. The van der Waals surface area contributed by atoms with Gasteiger partial charge in [0, 0.05) is 31.0 Å². The molecule has 0 aliphatic carbocycles. The van der Waals surface area contributed by atoms with E-state index in [2.05, 4.69) is 10.3 Å². The zero-order valence-electron chi connectivity index (χ0n) is 9.67. The van der Waals surface area contributed by atoms with Crippen LogP contribution in [0.4, 0.5) is 0 Å². The van der Waals surface area contributed by atoms with Gasteiger partial charge in [-0.3, -0.25) is 4.79 Å². The van der Waals surface area contributed by atoms with E-state index >= 15 is 0 Å². The van der Waals surface area contributed by atoms with Gasteiger partial charge in [0.2, 0.25) is 5.91 Å². The smallest absolute Gasteiger partial charge is 0.223 e. The van der Waals surface area contributed by atoms with Crippen LogP contribution in [0.1, 0.15) is 12.0 Å². The third-order valence-electron chi connectivity index (χ3n) is 3.24. The number of hydrogen-bond acceptors (Lipinski definition) is 4. The highest BCUT2D eigenvalue weighted by Crippen LogP contribution is 2.23. The Kier molecular flexibility index (Phi) is 2.91. The van der Waals surface area contributed by atoms with Gasteiger partial charge in [-0.15, -0.1) is 11.6 Å². The second kappa shape index (κ2) is 4.57. The Morgan fingerprint density at radius 2 is 2.33 bits per heavy atom. The van der Waals surface area contributed by atoms with Crippen LogP contribution in [0.25, 0.3) is 11.0 Å². The Morgan fingerprint density at radius 3 is 3.11 bits per heavy atom. The summed E-state index contributed by atoms with van der Waals surface area (Å²) in [6.07, 6.45) is 0.538. The molecule has 2 heterocycles. The van der Waals surface area contributed by atoms with Gasteiger partial charge in [0.05, 0.1) is 0 Å². The Hall–Kier alpha value is -1.62. The van der Waals surface area contributed by atoms with Gasteiger partial charge in [0.1, 0.15) is 11.0 Å². The molecule has 0 saturated carbocycles. The fraction of sp³-hybridized carbons (Fsp3) is 0.417. The number of fused-ring (bicyclic) bond motifs is 1. The largest absolute Gasteiger partial charge is 0.338 e. The minimum atomic E-state index is 0.147. The van der Waals surface area contributed by atoms with Crippen molar-refractivity contribution < 1.29 is 9.42 Å². The van der Waals surface area contributed by atoms with E-state index in [1.807, 2.05) is 23.1 Å². The number of hydrogen-bond donors (Lipinski definition) is 0. The number of benzene rings is 1. The summed E-state index contributed by atoms with van der Waals surface area (Å²) < 4.78 is 4.71.